The van der Waals surface area contributed by atoms with Crippen LogP contribution in [0, 0.1) is 5.92 Å². The molecular weight excluding hydrogens is 404 g/mol. The molecule has 0 aliphatic carbocycles. The number of piperidine rings is 1. The van der Waals surface area contributed by atoms with E-state index >= 15 is 0 Å². The zero-order valence-electron chi connectivity index (χ0n) is 16.2. The molecule has 2 aliphatic rings. The molecule has 2 aliphatic heterocycles. The Bertz CT molecular complexity index is 687. The molecule has 2 heterocycles. The van der Waals surface area contributed by atoms with Gasteiger partial charge >= 0.3 is 6.61 Å². The van der Waals surface area contributed by atoms with Crippen LogP contribution in [-0.2, 0) is 4.79 Å². The van der Waals surface area contributed by atoms with Crippen LogP contribution in [-0.4, -0.2) is 55.5 Å². The Labute approximate surface area is 175 Å². The van der Waals surface area contributed by atoms with Crippen molar-refractivity contribution < 1.29 is 23.1 Å². The third kappa shape index (κ3) is 6.27. The molecule has 1 aromatic rings. The topological polar surface area (TPSA) is 70.7 Å². The van der Waals surface area contributed by atoms with E-state index in [9.17, 15) is 18.4 Å². The van der Waals surface area contributed by atoms with Gasteiger partial charge in [0, 0.05) is 13.1 Å². The number of alkyl halides is 2. The molecule has 0 aromatic heterocycles. The molecule has 3 rings (SSSR count). The number of hydrogen-bond acceptors (Lipinski definition) is 4. The van der Waals surface area contributed by atoms with Crippen LogP contribution in [0.1, 0.15) is 42.5 Å². The van der Waals surface area contributed by atoms with E-state index in [4.69, 9.17) is 0 Å². The lowest BCUT2D eigenvalue weighted by molar-refractivity contribution is -0.124. The molecule has 6 nitrogen and oxygen atoms in total. The smallest absolute Gasteiger partial charge is 0.387 e. The lowest BCUT2D eigenvalue weighted by atomic mass is 9.96. The van der Waals surface area contributed by atoms with E-state index in [1.54, 1.807) is 6.07 Å². The number of carbonyl (C=O) groups excluding carboxylic acids is 2. The van der Waals surface area contributed by atoms with Gasteiger partial charge in [0.2, 0.25) is 5.91 Å². The first-order valence-corrected chi connectivity index (χ1v) is 9.89. The second kappa shape index (κ2) is 11.3. The normalized spacial score (nSPS) is 21.6. The minimum atomic E-state index is -3.01. The first kappa shape index (κ1) is 23.3. The fourth-order valence-electron chi connectivity index (χ4n) is 3.97. The highest BCUT2D eigenvalue weighted by Crippen LogP contribution is 2.26. The van der Waals surface area contributed by atoms with Gasteiger partial charge in [-0.2, -0.15) is 8.78 Å². The number of benzene rings is 1. The number of carbonyl (C=O) groups is 2. The highest BCUT2D eigenvalue weighted by Gasteiger charge is 2.35. The monoisotopic (exact) mass is 431 g/mol. The molecule has 0 saturated carbocycles. The Kier molecular flexibility index (Phi) is 9.10. The molecule has 162 valence electrons. The molecule has 0 bridgehead atoms. The highest BCUT2D eigenvalue weighted by atomic mass is 35.5. The highest BCUT2D eigenvalue weighted by molar-refractivity contribution is 6.00. The Morgan fingerprint density at radius 3 is 2.76 bits per heavy atom. The van der Waals surface area contributed by atoms with Crippen molar-refractivity contribution in [2.24, 2.45) is 5.92 Å². The Balaban J connectivity index is 0.00000300. The van der Waals surface area contributed by atoms with Gasteiger partial charge in [-0.3, -0.25) is 9.59 Å². The van der Waals surface area contributed by atoms with Gasteiger partial charge in [-0.1, -0.05) is 12.1 Å². The van der Waals surface area contributed by atoms with Crippen LogP contribution in [0.4, 0.5) is 8.78 Å². The van der Waals surface area contributed by atoms with Crippen molar-refractivity contribution >= 4 is 24.2 Å². The van der Waals surface area contributed by atoms with Gasteiger partial charge in [0.05, 0.1) is 5.56 Å². The predicted octanol–water partition coefficient (Wildman–Crippen LogP) is 2.82. The zero-order chi connectivity index (χ0) is 19.9. The largest absolute Gasteiger partial charge is 0.434 e. The molecule has 2 amide bonds. The second-order valence-corrected chi connectivity index (χ2v) is 7.32. The summed E-state index contributed by atoms with van der Waals surface area (Å²) in [4.78, 5) is 27.0. The van der Waals surface area contributed by atoms with Crippen LogP contribution in [0.3, 0.4) is 0 Å². The van der Waals surface area contributed by atoms with Crippen LogP contribution in [0.2, 0.25) is 0 Å². The van der Waals surface area contributed by atoms with Gasteiger partial charge in [-0.15, -0.1) is 12.4 Å². The number of likely N-dealkylation sites (tertiary alicyclic amines) is 1. The summed E-state index contributed by atoms with van der Waals surface area (Å²) in [5.74, 6) is -0.237. The third-order valence-electron chi connectivity index (χ3n) is 5.40. The summed E-state index contributed by atoms with van der Waals surface area (Å²) in [5.41, 5.74) is 0.0516. The van der Waals surface area contributed by atoms with Crippen molar-refractivity contribution in [1.82, 2.24) is 15.5 Å². The van der Waals surface area contributed by atoms with Crippen LogP contribution in [0.15, 0.2) is 24.3 Å². The summed E-state index contributed by atoms with van der Waals surface area (Å²) in [6.07, 6.45) is 4.50. The number of para-hydroxylation sites is 1. The Morgan fingerprint density at radius 2 is 2.03 bits per heavy atom. The number of ether oxygens (including phenoxy) is 1. The van der Waals surface area contributed by atoms with Crippen LogP contribution in [0.5, 0.6) is 5.75 Å². The van der Waals surface area contributed by atoms with Crippen molar-refractivity contribution in [3.63, 3.8) is 0 Å². The fourth-order valence-corrected chi connectivity index (χ4v) is 3.97. The van der Waals surface area contributed by atoms with Gasteiger partial charge < -0.3 is 20.3 Å². The van der Waals surface area contributed by atoms with Gasteiger partial charge in [-0.25, -0.2) is 0 Å². The maximum Gasteiger partial charge on any atom is 0.387 e. The minimum absolute atomic E-state index is 0. The summed E-state index contributed by atoms with van der Waals surface area (Å²) in [6.45, 7) is 0.0195. The number of amides is 2. The van der Waals surface area contributed by atoms with E-state index in [1.807, 2.05) is 0 Å². The zero-order valence-corrected chi connectivity index (χ0v) is 17.1. The molecule has 9 heteroatoms. The van der Waals surface area contributed by atoms with E-state index in [2.05, 4.69) is 15.4 Å². The summed E-state index contributed by atoms with van der Waals surface area (Å²) in [5, 5.41) is 6.30. The fraction of sp³-hybridized carbons (Fsp3) is 0.600. The van der Waals surface area contributed by atoms with E-state index in [-0.39, 0.29) is 29.6 Å². The van der Waals surface area contributed by atoms with Gasteiger partial charge in [0.25, 0.3) is 5.91 Å². The molecule has 2 atom stereocenters. The average molecular weight is 432 g/mol. The van der Waals surface area contributed by atoms with E-state index in [1.165, 1.54) is 23.1 Å². The number of nitrogens with zero attached hydrogens (tertiary/aromatic N) is 1. The van der Waals surface area contributed by atoms with Crippen molar-refractivity contribution in [3.05, 3.63) is 29.8 Å². The quantitative estimate of drug-likeness (QED) is 0.696. The molecule has 2 fully saturated rings. The SMILES string of the molecule is Cl.O=C(NCCC1CCCNC1)C1CCCN1C(=O)c1ccccc1OC(F)F. The number of nitrogens with one attached hydrogen (secondary N) is 2. The summed E-state index contributed by atoms with van der Waals surface area (Å²) >= 11 is 0. The van der Waals surface area contributed by atoms with Gasteiger partial charge in [0.15, 0.2) is 0 Å². The lowest BCUT2D eigenvalue weighted by Gasteiger charge is -2.26. The predicted molar refractivity (Wildman–Crippen MR) is 108 cm³/mol. The van der Waals surface area contributed by atoms with Crippen molar-refractivity contribution in [1.29, 1.82) is 0 Å². The van der Waals surface area contributed by atoms with E-state index < -0.39 is 18.6 Å². The average Bonchev–Trinajstić information content (AvgIpc) is 3.18. The number of rotatable bonds is 7. The summed E-state index contributed by atoms with van der Waals surface area (Å²) in [6, 6.07) is 5.33. The first-order chi connectivity index (χ1) is 13.6. The van der Waals surface area contributed by atoms with Crippen LogP contribution >= 0.6 is 12.4 Å². The van der Waals surface area contributed by atoms with E-state index in [0.29, 0.717) is 31.8 Å². The first-order valence-electron chi connectivity index (χ1n) is 9.89. The molecule has 1 aromatic carbocycles. The molecule has 2 saturated heterocycles. The van der Waals surface area contributed by atoms with Crippen molar-refractivity contribution in [2.75, 3.05) is 26.2 Å². The van der Waals surface area contributed by atoms with E-state index in [0.717, 1.165) is 32.4 Å². The Morgan fingerprint density at radius 1 is 1.24 bits per heavy atom. The molecule has 0 spiro atoms. The van der Waals surface area contributed by atoms with Crippen molar-refractivity contribution in [2.45, 2.75) is 44.8 Å². The molecular formula is C20H28ClF2N3O3. The molecule has 2 unspecified atom stereocenters. The Hall–Kier alpha value is -1.93. The summed E-state index contributed by atoms with van der Waals surface area (Å²) in [7, 11) is 0. The second-order valence-electron chi connectivity index (χ2n) is 7.32. The standard InChI is InChI=1S/C20H27F2N3O3.ClH/c21-20(22)28-17-8-2-1-6-15(17)19(27)25-12-4-7-16(25)18(26)24-11-9-14-5-3-10-23-13-14;/h1-2,6,8,14,16,20,23H,3-5,7,9-13H2,(H,24,26);1H. The van der Waals surface area contributed by atoms with Crippen LogP contribution < -0.4 is 15.4 Å². The minimum Gasteiger partial charge on any atom is -0.434 e. The lowest BCUT2D eigenvalue weighted by Crippen LogP contribution is -2.46. The maximum atomic E-state index is 12.9. The van der Waals surface area contributed by atoms with Gasteiger partial charge in [-0.05, 0) is 63.2 Å². The molecule has 29 heavy (non-hydrogen) atoms. The third-order valence-corrected chi connectivity index (χ3v) is 5.40. The summed E-state index contributed by atoms with van der Waals surface area (Å²) < 4.78 is 29.7. The maximum absolute atomic E-state index is 12.9. The van der Waals surface area contributed by atoms with Crippen LogP contribution in [0.25, 0.3) is 0 Å². The number of hydrogen-bond donors (Lipinski definition) is 2. The number of halogens is 3. The van der Waals surface area contributed by atoms with Crippen molar-refractivity contribution in [3.8, 4) is 5.75 Å². The molecule has 0 radical (unpaired) electrons. The van der Waals surface area contributed by atoms with Gasteiger partial charge in [0.1, 0.15) is 11.8 Å². The molecule has 2 N–H and O–H groups in total.